The first-order chi connectivity index (χ1) is 7.66. The van der Waals surface area contributed by atoms with Gasteiger partial charge in [-0.05, 0) is 25.5 Å². The molecule has 1 aromatic rings. The van der Waals surface area contributed by atoms with Crippen LogP contribution in [-0.4, -0.2) is 28.8 Å². The zero-order chi connectivity index (χ0) is 11.5. The first-order valence-corrected chi connectivity index (χ1v) is 6.13. The summed E-state index contributed by atoms with van der Waals surface area (Å²) in [5.41, 5.74) is 5.94. The molecular weight excluding hydrogens is 222 g/mol. The summed E-state index contributed by atoms with van der Waals surface area (Å²) in [4.78, 5) is 5.14. The number of thioether (sulfide) groups is 1. The Hall–Kier alpha value is -1.07. The monoisotopic (exact) mass is 237 g/mol. The van der Waals surface area contributed by atoms with Crippen LogP contribution >= 0.6 is 11.8 Å². The van der Waals surface area contributed by atoms with Gasteiger partial charge in [-0.3, -0.25) is 10.4 Å². The molecule has 1 aliphatic rings. The average Bonchev–Trinajstić information content (AvgIpc) is 2.65. The molecule has 0 bridgehead atoms. The van der Waals surface area contributed by atoms with E-state index < -0.39 is 0 Å². The van der Waals surface area contributed by atoms with Gasteiger partial charge >= 0.3 is 0 Å². The standard InChI is InChI=1S/C11H15N3OS/c1-7-10(3-5-15-7)16-8-2-4-14-9(6-8)11(12)13/h2,4,6-7,10H,3,5H2,1H3,(H3,12,13). The van der Waals surface area contributed by atoms with Crippen molar-refractivity contribution >= 4 is 17.6 Å². The van der Waals surface area contributed by atoms with Gasteiger partial charge in [-0.2, -0.15) is 0 Å². The van der Waals surface area contributed by atoms with E-state index in [1.807, 2.05) is 12.1 Å². The number of pyridine rings is 1. The van der Waals surface area contributed by atoms with E-state index in [-0.39, 0.29) is 5.84 Å². The second-order valence-electron chi connectivity index (χ2n) is 3.81. The fourth-order valence-corrected chi connectivity index (χ4v) is 2.83. The second kappa shape index (κ2) is 4.84. The third-order valence-electron chi connectivity index (χ3n) is 2.60. The lowest BCUT2D eigenvalue weighted by atomic mass is 10.3. The van der Waals surface area contributed by atoms with Crippen molar-refractivity contribution in [1.29, 1.82) is 5.41 Å². The van der Waals surface area contributed by atoms with Gasteiger partial charge in [0.2, 0.25) is 0 Å². The quantitative estimate of drug-likeness (QED) is 0.619. The summed E-state index contributed by atoms with van der Waals surface area (Å²) < 4.78 is 5.51. The van der Waals surface area contributed by atoms with Gasteiger partial charge in [-0.25, -0.2) is 0 Å². The Labute approximate surface area is 99.1 Å². The van der Waals surface area contributed by atoms with Crippen LogP contribution in [0.2, 0.25) is 0 Å². The molecule has 3 N–H and O–H groups in total. The molecular formula is C11H15N3OS. The molecule has 86 valence electrons. The fourth-order valence-electron chi connectivity index (χ4n) is 1.67. The van der Waals surface area contributed by atoms with E-state index in [1.165, 1.54) is 0 Å². The van der Waals surface area contributed by atoms with Gasteiger partial charge in [-0.1, -0.05) is 0 Å². The van der Waals surface area contributed by atoms with Crippen LogP contribution in [0.1, 0.15) is 19.0 Å². The first-order valence-electron chi connectivity index (χ1n) is 5.25. The molecule has 0 spiro atoms. The predicted octanol–water partition coefficient (Wildman–Crippen LogP) is 1.64. The number of hydrogen-bond acceptors (Lipinski definition) is 4. The predicted molar refractivity (Wildman–Crippen MR) is 64.9 cm³/mol. The number of ether oxygens (including phenoxy) is 1. The van der Waals surface area contributed by atoms with E-state index >= 15 is 0 Å². The molecule has 16 heavy (non-hydrogen) atoms. The van der Waals surface area contributed by atoms with E-state index in [0.29, 0.717) is 17.0 Å². The lowest BCUT2D eigenvalue weighted by Gasteiger charge is -2.13. The van der Waals surface area contributed by atoms with Crippen LogP contribution in [-0.2, 0) is 4.74 Å². The third-order valence-corrected chi connectivity index (χ3v) is 4.05. The average molecular weight is 237 g/mol. The molecule has 4 nitrogen and oxygen atoms in total. The molecule has 2 unspecified atom stereocenters. The van der Waals surface area contributed by atoms with E-state index in [1.54, 1.807) is 18.0 Å². The largest absolute Gasteiger partial charge is 0.382 e. The highest BCUT2D eigenvalue weighted by Gasteiger charge is 2.25. The number of nitrogens with one attached hydrogen (secondary N) is 1. The van der Waals surface area contributed by atoms with E-state index in [4.69, 9.17) is 15.9 Å². The molecule has 2 rings (SSSR count). The summed E-state index contributed by atoms with van der Waals surface area (Å²) in [7, 11) is 0. The molecule has 2 atom stereocenters. The van der Waals surface area contributed by atoms with Crippen molar-refractivity contribution in [1.82, 2.24) is 4.98 Å². The van der Waals surface area contributed by atoms with Gasteiger partial charge in [0, 0.05) is 22.9 Å². The van der Waals surface area contributed by atoms with Crippen LogP contribution in [0, 0.1) is 5.41 Å². The van der Waals surface area contributed by atoms with E-state index in [0.717, 1.165) is 17.9 Å². The lowest BCUT2D eigenvalue weighted by molar-refractivity contribution is 0.127. The van der Waals surface area contributed by atoms with Gasteiger partial charge < -0.3 is 10.5 Å². The Morgan fingerprint density at radius 1 is 1.69 bits per heavy atom. The topological polar surface area (TPSA) is 72.0 Å². The molecule has 1 aliphatic heterocycles. The maximum atomic E-state index is 7.34. The summed E-state index contributed by atoms with van der Waals surface area (Å²) in [6, 6.07) is 3.81. The van der Waals surface area contributed by atoms with Crippen molar-refractivity contribution in [3.05, 3.63) is 24.0 Å². The maximum absolute atomic E-state index is 7.34. The number of hydrogen-bond donors (Lipinski definition) is 2. The van der Waals surface area contributed by atoms with Gasteiger partial charge in [0.15, 0.2) is 0 Å². The molecule has 0 aliphatic carbocycles. The van der Waals surface area contributed by atoms with Crippen molar-refractivity contribution < 1.29 is 4.74 Å². The molecule has 0 aromatic carbocycles. The summed E-state index contributed by atoms with van der Waals surface area (Å²) in [6.45, 7) is 2.93. The highest BCUT2D eigenvalue weighted by Crippen LogP contribution is 2.32. The van der Waals surface area contributed by atoms with Crippen molar-refractivity contribution in [3.8, 4) is 0 Å². The Bertz CT molecular complexity index is 397. The summed E-state index contributed by atoms with van der Waals surface area (Å²) in [5.74, 6) is 0.0122. The second-order valence-corrected chi connectivity index (χ2v) is 5.12. The minimum atomic E-state index is 0.0122. The minimum absolute atomic E-state index is 0.0122. The van der Waals surface area contributed by atoms with Crippen LogP contribution in [0.5, 0.6) is 0 Å². The first kappa shape index (κ1) is 11.4. The smallest absolute Gasteiger partial charge is 0.141 e. The van der Waals surface area contributed by atoms with Crippen molar-refractivity contribution in [2.45, 2.75) is 29.6 Å². The number of amidine groups is 1. The van der Waals surface area contributed by atoms with Crippen LogP contribution in [0.25, 0.3) is 0 Å². The van der Waals surface area contributed by atoms with E-state index in [2.05, 4.69) is 11.9 Å². The molecule has 0 amide bonds. The number of nitrogen functional groups attached to an aromatic ring is 1. The molecule has 0 radical (unpaired) electrons. The zero-order valence-corrected chi connectivity index (χ0v) is 9.96. The normalized spacial score (nSPS) is 24.6. The summed E-state index contributed by atoms with van der Waals surface area (Å²) in [6.07, 6.45) is 3.06. The summed E-state index contributed by atoms with van der Waals surface area (Å²) >= 11 is 1.77. The maximum Gasteiger partial charge on any atom is 0.141 e. The van der Waals surface area contributed by atoms with Crippen molar-refractivity contribution in [2.24, 2.45) is 5.73 Å². The number of nitrogens with zero attached hydrogens (tertiary/aromatic N) is 1. The van der Waals surface area contributed by atoms with Crippen LogP contribution in [0.3, 0.4) is 0 Å². The Morgan fingerprint density at radius 2 is 2.50 bits per heavy atom. The van der Waals surface area contributed by atoms with Crippen molar-refractivity contribution in [3.63, 3.8) is 0 Å². The zero-order valence-electron chi connectivity index (χ0n) is 9.14. The SMILES string of the molecule is CC1OCCC1Sc1ccnc(C(=N)N)c1. The Morgan fingerprint density at radius 3 is 3.12 bits per heavy atom. The minimum Gasteiger partial charge on any atom is -0.382 e. The number of nitrogens with two attached hydrogens (primary N) is 1. The highest BCUT2D eigenvalue weighted by atomic mass is 32.2. The van der Waals surface area contributed by atoms with Gasteiger partial charge in [0.25, 0.3) is 0 Å². The third kappa shape index (κ3) is 2.54. The van der Waals surface area contributed by atoms with Crippen molar-refractivity contribution in [2.75, 3.05) is 6.61 Å². The highest BCUT2D eigenvalue weighted by molar-refractivity contribution is 8.00. The van der Waals surface area contributed by atoms with Crippen LogP contribution in [0.4, 0.5) is 0 Å². The van der Waals surface area contributed by atoms with Gasteiger partial charge in [0.05, 0.1) is 6.10 Å². The van der Waals surface area contributed by atoms with Gasteiger partial charge in [-0.15, -0.1) is 11.8 Å². The Balaban J connectivity index is 2.09. The molecule has 2 heterocycles. The number of rotatable bonds is 3. The van der Waals surface area contributed by atoms with Gasteiger partial charge in [0.1, 0.15) is 11.5 Å². The molecule has 1 aromatic heterocycles. The number of aromatic nitrogens is 1. The molecule has 1 saturated heterocycles. The van der Waals surface area contributed by atoms with Crippen LogP contribution < -0.4 is 5.73 Å². The van der Waals surface area contributed by atoms with E-state index in [9.17, 15) is 0 Å². The molecule has 1 fully saturated rings. The Kier molecular flexibility index (Phi) is 3.46. The molecule has 0 saturated carbocycles. The molecule has 5 heteroatoms. The summed E-state index contributed by atoms with van der Waals surface area (Å²) in [5, 5.41) is 7.83. The fraction of sp³-hybridized carbons (Fsp3) is 0.455. The van der Waals surface area contributed by atoms with Crippen LogP contribution in [0.15, 0.2) is 23.2 Å². The lowest BCUT2D eigenvalue weighted by Crippen LogP contribution is -2.14.